The van der Waals surface area contributed by atoms with Crippen LogP contribution in [0, 0.1) is 0 Å². The van der Waals surface area contributed by atoms with Gasteiger partial charge < -0.3 is 0 Å². The maximum absolute atomic E-state index is 7.80. The predicted octanol–water partition coefficient (Wildman–Crippen LogP) is 4.94. The highest BCUT2D eigenvalue weighted by atomic mass is 79.9. The molecule has 0 amide bonds. The Hall–Kier alpha value is -0.120. The Bertz CT molecular complexity index is 508. The van der Waals surface area contributed by atoms with Gasteiger partial charge >= 0.3 is 0 Å². The molecular weight excluding hydrogens is 312 g/mol. The minimum atomic E-state index is 0.259. The van der Waals surface area contributed by atoms with Gasteiger partial charge in [0.15, 0.2) is 0 Å². The third-order valence-electron chi connectivity index (χ3n) is 1.55. The largest absolute Gasteiger partial charge is 0.128 e. The minimum absolute atomic E-state index is 0.259. The summed E-state index contributed by atoms with van der Waals surface area (Å²) in [5, 5.41) is 0. The highest BCUT2D eigenvalue weighted by Crippen LogP contribution is 2.32. The first-order valence-corrected chi connectivity index (χ1v) is 6.01. The van der Waals surface area contributed by atoms with Crippen LogP contribution in [0.15, 0.2) is 44.6 Å². The van der Waals surface area contributed by atoms with Gasteiger partial charge in [-0.2, -0.15) is 0 Å². The highest BCUT2D eigenvalue weighted by Gasteiger charge is 2.00. The van der Waals surface area contributed by atoms with E-state index in [4.69, 9.17) is 2.74 Å². The first kappa shape index (κ1) is 7.21. The summed E-state index contributed by atoms with van der Waals surface area (Å²) < 4.78 is 17.1. The van der Waals surface area contributed by atoms with E-state index < -0.39 is 0 Å². The molecule has 1 aromatic carbocycles. The maximum Gasteiger partial charge on any atom is 0.0705 e. The molecular formula is C10H6Br2S. The van der Waals surface area contributed by atoms with Crippen LogP contribution in [-0.4, -0.2) is 0 Å². The molecule has 0 unspecified atom stereocenters. The summed E-state index contributed by atoms with van der Waals surface area (Å²) in [4.78, 5) is 0.827. The van der Waals surface area contributed by atoms with Gasteiger partial charge in [0.2, 0.25) is 0 Å². The van der Waals surface area contributed by atoms with Crippen LogP contribution in [0.1, 0.15) is 2.74 Å². The average molecular weight is 320 g/mol. The number of hydrogen-bond donors (Lipinski definition) is 0. The van der Waals surface area contributed by atoms with Gasteiger partial charge in [-0.3, -0.25) is 0 Å². The summed E-state index contributed by atoms with van der Waals surface area (Å²) in [7, 11) is 0. The molecule has 0 nitrogen and oxygen atoms in total. The number of thiophene rings is 1. The van der Waals surface area contributed by atoms with Gasteiger partial charge in [0.05, 0.1) is 6.53 Å². The van der Waals surface area contributed by atoms with Crippen LogP contribution in [0.3, 0.4) is 0 Å². The molecule has 1 aromatic heterocycles. The molecule has 0 saturated heterocycles. The van der Waals surface area contributed by atoms with Gasteiger partial charge in [-0.05, 0) is 45.7 Å². The van der Waals surface area contributed by atoms with Crippen LogP contribution in [-0.2, 0) is 0 Å². The third kappa shape index (κ3) is 2.22. The lowest BCUT2D eigenvalue weighted by atomic mass is 10.2. The van der Waals surface area contributed by atoms with Gasteiger partial charge in [0, 0.05) is 9.35 Å². The summed E-state index contributed by atoms with van der Waals surface area (Å²) in [6.45, 7) is 0. The number of rotatable bonds is 1. The van der Waals surface area contributed by atoms with Gasteiger partial charge in [-0.15, -0.1) is 11.3 Å². The molecule has 1 heterocycles. The highest BCUT2D eigenvalue weighted by molar-refractivity contribution is 9.11. The van der Waals surface area contributed by atoms with E-state index in [0.717, 1.165) is 14.9 Å². The van der Waals surface area contributed by atoms with Crippen LogP contribution in [0.25, 0.3) is 10.4 Å². The van der Waals surface area contributed by atoms with Crippen molar-refractivity contribution in [1.29, 1.82) is 0 Å². The maximum atomic E-state index is 7.80. The van der Waals surface area contributed by atoms with Gasteiger partial charge in [-0.1, -0.05) is 28.1 Å². The van der Waals surface area contributed by atoms with Crippen molar-refractivity contribution in [1.82, 2.24) is 0 Å². The van der Waals surface area contributed by atoms with Gasteiger partial charge in [0.25, 0.3) is 0 Å². The molecule has 0 aliphatic rings. The first-order chi connectivity index (χ1) is 7.09. The fraction of sp³-hybridized carbons (Fsp3) is 0. The van der Waals surface area contributed by atoms with E-state index in [2.05, 4.69) is 31.9 Å². The third-order valence-corrected chi connectivity index (χ3v) is 3.55. The summed E-state index contributed by atoms with van der Waals surface area (Å²) in [5.41, 5.74) is 0.971. The standard InChI is InChI=1S/C10H6Br2S/c11-8-3-1-2-7(6-8)9-4-5-10(12)13-9/h1-6H/i4D,5D. The van der Waals surface area contributed by atoms with Crippen LogP contribution < -0.4 is 0 Å². The molecule has 2 aromatic rings. The molecule has 2 rings (SSSR count). The molecule has 0 N–H and O–H groups in total. The molecule has 0 atom stereocenters. The van der Waals surface area contributed by atoms with E-state index >= 15 is 0 Å². The first-order valence-electron chi connectivity index (χ1n) is 4.61. The molecule has 0 aliphatic heterocycles. The van der Waals surface area contributed by atoms with Crippen LogP contribution in [0.2, 0.25) is 0 Å². The second-order valence-corrected chi connectivity index (χ2v) is 5.72. The molecule has 13 heavy (non-hydrogen) atoms. The lowest BCUT2D eigenvalue weighted by molar-refractivity contribution is 1.65. The summed E-state index contributed by atoms with van der Waals surface area (Å²) in [6.07, 6.45) is 0. The van der Waals surface area contributed by atoms with Crippen molar-refractivity contribution in [3.63, 3.8) is 0 Å². The van der Waals surface area contributed by atoms with Crippen molar-refractivity contribution in [2.45, 2.75) is 0 Å². The zero-order valence-electron chi connectivity index (χ0n) is 8.47. The van der Waals surface area contributed by atoms with Crippen LogP contribution in [0.5, 0.6) is 0 Å². The van der Waals surface area contributed by atoms with Crippen molar-refractivity contribution in [2.75, 3.05) is 0 Å². The van der Waals surface area contributed by atoms with E-state index in [0.29, 0.717) is 3.79 Å². The van der Waals surface area contributed by atoms with Crippen molar-refractivity contribution >= 4 is 43.2 Å². The van der Waals surface area contributed by atoms with Crippen molar-refractivity contribution in [2.24, 2.45) is 0 Å². The number of benzene rings is 1. The minimum Gasteiger partial charge on any atom is -0.128 e. The number of hydrogen-bond acceptors (Lipinski definition) is 1. The SMILES string of the molecule is [2H]c1c(Br)sc(-c2cccc(Br)c2)c1[2H]. The van der Waals surface area contributed by atoms with Crippen LogP contribution >= 0.6 is 43.2 Å². The summed E-state index contributed by atoms with van der Waals surface area (Å²) in [5.74, 6) is 0. The van der Waals surface area contributed by atoms with Crippen molar-refractivity contribution in [3.05, 3.63) is 44.6 Å². The van der Waals surface area contributed by atoms with E-state index in [9.17, 15) is 0 Å². The second-order valence-electron chi connectivity index (χ2n) is 2.47. The summed E-state index contributed by atoms with van der Waals surface area (Å²) in [6, 6.07) is 8.31. The topological polar surface area (TPSA) is 0 Å². The quantitative estimate of drug-likeness (QED) is 0.698. The fourth-order valence-corrected chi connectivity index (χ4v) is 2.62. The lowest BCUT2D eigenvalue weighted by Gasteiger charge is -1.96. The smallest absolute Gasteiger partial charge is 0.0705 e. The Morgan fingerprint density at radius 2 is 2.08 bits per heavy atom. The average Bonchev–Trinajstić information content (AvgIpc) is 2.46. The van der Waals surface area contributed by atoms with E-state index in [1.165, 1.54) is 11.3 Å². The lowest BCUT2D eigenvalue weighted by Crippen LogP contribution is -1.70. The molecule has 0 saturated carbocycles. The zero-order valence-corrected chi connectivity index (χ0v) is 10.5. The van der Waals surface area contributed by atoms with Crippen LogP contribution in [0.4, 0.5) is 0 Å². The Morgan fingerprint density at radius 1 is 1.23 bits per heavy atom. The zero-order chi connectivity index (χ0) is 11.0. The van der Waals surface area contributed by atoms with E-state index in [1.807, 2.05) is 24.3 Å². The number of halogens is 2. The molecule has 0 radical (unpaired) electrons. The molecule has 0 bridgehead atoms. The Kier molecular flexibility index (Phi) is 2.19. The molecule has 0 spiro atoms. The van der Waals surface area contributed by atoms with Crippen molar-refractivity contribution < 1.29 is 2.74 Å². The monoisotopic (exact) mass is 318 g/mol. The molecule has 0 fully saturated rings. The Labute approximate surface area is 101 Å². The Balaban J connectivity index is 2.59. The summed E-state index contributed by atoms with van der Waals surface area (Å²) >= 11 is 8.10. The van der Waals surface area contributed by atoms with E-state index in [-0.39, 0.29) is 12.1 Å². The van der Waals surface area contributed by atoms with Gasteiger partial charge in [-0.25, -0.2) is 0 Å². The second kappa shape index (κ2) is 3.95. The fourth-order valence-electron chi connectivity index (χ4n) is 1.01. The molecule has 66 valence electrons. The Morgan fingerprint density at radius 3 is 2.69 bits per heavy atom. The van der Waals surface area contributed by atoms with Gasteiger partial charge in [0.1, 0.15) is 0 Å². The predicted molar refractivity (Wildman–Crippen MR) is 65.2 cm³/mol. The molecule has 0 aliphatic carbocycles. The van der Waals surface area contributed by atoms with E-state index in [1.54, 1.807) is 0 Å². The normalized spacial score (nSPS) is 12.5. The molecule has 3 heteroatoms. The van der Waals surface area contributed by atoms with Crippen molar-refractivity contribution in [3.8, 4) is 10.4 Å².